The van der Waals surface area contributed by atoms with Gasteiger partial charge in [-0.2, -0.15) is 0 Å². The van der Waals surface area contributed by atoms with Crippen LogP contribution < -0.4 is 17.0 Å². The number of hydrogen-bond acceptors (Lipinski definition) is 0. The predicted molar refractivity (Wildman–Crippen MR) is 99.0 cm³/mol. The summed E-state index contributed by atoms with van der Waals surface area (Å²) in [5.74, 6) is 0. The van der Waals surface area contributed by atoms with Gasteiger partial charge >= 0.3 is 0 Å². The molecule has 0 N–H and O–H groups in total. The van der Waals surface area contributed by atoms with Crippen molar-refractivity contribution in [3.8, 4) is 0 Å². The largest absolute Gasteiger partial charge is 1.00 e. The van der Waals surface area contributed by atoms with Crippen LogP contribution in [0.15, 0.2) is 30.3 Å². The zero-order valence-corrected chi connectivity index (χ0v) is 17.3. The third-order valence-electron chi connectivity index (χ3n) is 4.57. The topological polar surface area (TPSA) is 0 Å². The summed E-state index contributed by atoms with van der Waals surface area (Å²) in [5.41, 5.74) is 1.46. The molecule has 0 unspecified atom stereocenters. The third-order valence-corrected chi connectivity index (χ3v) is 4.57. The van der Waals surface area contributed by atoms with Gasteiger partial charge in [-0.3, -0.25) is 0 Å². The highest BCUT2D eigenvalue weighted by atomic mass is 79.9. The monoisotopic (exact) mass is 383 g/mol. The molecule has 1 aromatic carbocycles. The summed E-state index contributed by atoms with van der Waals surface area (Å²) in [5, 5.41) is 0. The van der Waals surface area contributed by atoms with Crippen LogP contribution in [-0.2, 0) is 6.54 Å². The van der Waals surface area contributed by atoms with E-state index in [1.807, 2.05) is 0 Å². The molecule has 2 heteroatoms. The Bertz CT molecular complexity index is 361. The lowest BCUT2D eigenvalue weighted by Gasteiger charge is -2.30. The minimum Gasteiger partial charge on any atom is -1.00 e. The summed E-state index contributed by atoms with van der Waals surface area (Å²) in [7, 11) is 4.72. The Hall–Kier alpha value is -0.340. The summed E-state index contributed by atoms with van der Waals surface area (Å²) < 4.78 is 1.11. The fourth-order valence-corrected chi connectivity index (χ4v) is 3.18. The zero-order valence-electron chi connectivity index (χ0n) is 15.7. The second-order valence-electron chi connectivity index (χ2n) is 7.49. The van der Waals surface area contributed by atoms with Gasteiger partial charge in [-0.1, -0.05) is 88.6 Å². The van der Waals surface area contributed by atoms with Gasteiger partial charge in [-0.05, 0) is 12.8 Å². The van der Waals surface area contributed by atoms with Crippen molar-refractivity contribution in [3.05, 3.63) is 35.9 Å². The van der Waals surface area contributed by atoms with E-state index in [2.05, 4.69) is 51.4 Å². The van der Waals surface area contributed by atoms with Crippen LogP contribution in [0.4, 0.5) is 0 Å². The van der Waals surface area contributed by atoms with E-state index in [0.29, 0.717) is 0 Å². The number of halogens is 1. The second-order valence-corrected chi connectivity index (χ2v) is 7.49. The van der Waals surface area contributed by atoms with Crippen LogP contribution in [0.2, 0.25) is 0 Å². The highest BCUT2D eigenvalue weighted by molar-refractivity contribution is 5.13. The Balaban J connectivity index is 0.00000484. The molecule has 0 aromatic heterocycles. The Labute approximate surface area is 155 Å². The maximum absolute atomic E-state index is 2.36. The van der Waals surface area contributed by atoms with Crippen LogP contribution in [-0.4, -0.2) is 25.1 Å². The molecule has 0 saturated carbocycles. The van der Waals surface area contributed by atoms with Gasteiger partial charge in [0.05, 0.1) is 20.6 Å². The first-order chi connectivity index (χ1) is 10.6. The average molecular weight is 384 g/mol. The highest BCUT2D eigenvalue weighted by Gasteiger charge is 2.14. The van der Waals surface area contributed by atoms with Crippen molar-refractivity contribution in [1.29, 1.82) is 0 Å². The number of quaternary nitrogens is 1. The number of rotatable bonds is 13. The smallest absolute Gasteiger partial charge is 0.104 e. The molecule has 0 fully saturated rings. The molecule has 134 valence electrons. The summed E-state index contributed by atoms with van der Waals surface area (Å²) in [6.45, 7) is 4.74. The van der Waals surface area contributed by atoms with Crippen LogP contribution in [0.5, 0.6) is 0 Å². The van der Waals surface area contributed by atoms with Gasteiger partial charge in [-0.15, -0.1) is 0 Å². The van der Waals surface area contributed by atoms with Crippen LogP contribution in [0.25, 0.3) is 0 Å². The molecule has 0 saturated heterocycles. The third kappa shape index (κ3) is 12.7. The van der Waals surface area contributed by atoms with Gasteiger partial charge in [0.1, 0.15) is 6.54 Å². The molecule has 23 heavy (non-hydrogen) atoms. The predicted octanol–water partition coefficient (Wildman–Crippen LogP) is 3.19. The van der Waals surface area contributed by atoms with Gasteiger partial charge < -0.3 is 21.5 Å². The summed E-state index contributed by atoms with van der Waals surface area (Å²) >= 11 is 0. The number of nitrogens with zero attached hydrogens (tertiary/aromatic N) is 1. The molecule has 1 aromatic rings. The SMILES string of the molecule is CCCCCCCCCCCC[N+](C)(C)Cc1ccccc1.[Br-]. The van der Waals surface area contributed by atoms with Gasteiger partial charge in [-0.25, -0.2) is 0 Å². The fourth-order valence-electron chi connectivity index (χ4n) is 3.18. The first-order valence-electron chi connectivity index (χ1n) is 9.50. The minimum absolute atomic E-state index is 0. The molecule has 0 aliphatic rings. The van der Waals surface area contributed by atoms with Gasteiger partial charge in [0.15, 0.2) is 0 Å². The number of unbranched alkanes of at least 4 members (excludes halogenated alkanes) is 9. The molecule has 0 atom stereocenters. The lowest BCUT2D eigenvalue weighted by molar-refractivity contribution is -0.903. The fraction of sp³-hybridized carbons (Fsp3) is 0.714. The Kier molecular flexibility index (Phi) is 13.8. The maximum atomic E-state index is 2.36. The molecular formula is C21H38BrN. The Morgan fingerprint density at radius 1 is 0.696 bits per heavy atom. The molecular weight excluding hydrogens is 346 g/mol. The van der Waals surface area contributed by atoms with Crippen LogP contribution in [0.1, 0.15) is 76.7 Å². The highest BCUT2D eigenvalue weighted by Crippen LogP contribution is 2.13. The van der Waals surface area contributed by atoms with Gasteiger partial charge in [0.25, 0.3) is 0 Å². The first kappa shape index (κ1) is 22.7. The molecule has 0 amide bonds. The summed E-state index contributed by atoms with van der Waals surface area (Å²) in [4.78, 5) is 0. The molecule has 0 aliphatic carbocycles. The van der Waals surface area contributed by atoms with Crippen molar-refractivity contribution in [1.82, 2.24) is 0 Å². The summed E-state index contributed by atoms with van der Waals surface area (Å²) in [6.07, 6.45) is 14.2. The number of hydrogen-bond donors (Lipinski definition) is 0. The van der Waals surface area contributed by atoms with Crippen LogP contribution in [0, 0.1) is 0 Å². The van der Waals surface area contributed by atoms with Gasteiger partial charge in [0.2, 0.25) is 0 Å². The standard InChI is InChI=1S/C21H38N.BrH/c1-4-5-6-7-8-9-10-11-12-16-19-22(2,3)20-21-17-14-13-15-18-21;/h13-15,17-18H,4-12,16,19-20H2,1-3H3;1H/q+1;/p-1. The summed E-state index contributed by atoms with van der Waals surface area (Å²) in [6, 6.07) is 10.9. The van der Waals surface area contributed by atoms with E-state index in [1.165, 1.54) is 76.3 Å². The molecule has 0 bridgehead atoms. The van der Waals surface area contributed by atoms with Gasteiger partial charge in [0, 0.05) is 5.56 Å². The van der Waals surface area contributed by atoms with Crippen molar-refractivity contribution in [3.63, 3.8) is 0 Å². The van der Waals surface area contributed by atoms with Crippen molar-refractivity contribution in [2.75, 3.05) is 20.6 Å². The molecule has 1 nitrogen and oxygen atoms in total. The minimum atomic E-state index is 0. The normalized spacial score (nSPS) is 11.3. The van der Waals surface area contributed by atoms with E-state index >= 15 is 0 Å². The van der Waals surface area contributed by atoms with Crippen molar-refractivity contribution in [2.45, 2.75) is 77.7 Å². The molecule has 0 radical (unpaired) electrons. The maximum Gasteiger partial charge on any atom is 0.104 e. The van der Waals surface area contributed by atoms with Crippen LogP contribution in [0.3, 0.4) is 0 Å². The van der Waals surface area contributed by atoms with E-state index in [0.717, 1.165) is 11.0 Å². The Morgan fingerprint density at radius 2 is 1.17 bits per heavy atom. The second kappa shape index (κ2) is 14.0. The Morgan fingerprint density at radius 3 is 1.70 bits per heavy atom. The van der Waals surface area contributed by atoms with E-state index < -0.39 is 0 Å². The van der Waals surface area contributed by atoms with E-state index in [4.69, 9.17) is 0 Å². The van der Waals surface area contributed by atoms with Crippen LogP contribution >= 0.6 is 0 Å². The number of benzene rings is 1. The van der Waals surface area contributed by atoms with Crippen molar-refractivity contribution >= 4 is 0 Å². The molecule has 0 aliphatic heterocycles. The molecule has 0 heterocycles. The van der Waals surface area contributed by atoms with Crippen molar-refractivity contribution in [2.24, 2.45) is 0 Å². The molecule has 1 rings (SSSR count). The van der Waals surface area contributed by atoms with E-state index in [9.17, 15) is 0 Å². The lowest BCUT2D eigenvalue weighted by Crippen LogP contribution is -3.00. The average Bonchev–Trinajstić information content (AvgIpc) is 2.49. The van der Waals surface area contributed by atoms with E-state index in [1.54, 1.807) is 0 Å². The quantitative estimate of drug-likeness (QED) is 0.362. The first-order valence-corrected chi connectivity index (χ1v) is 9.50. The van der Waals surface area contributed by atoms with E-state index in [-0.39, 0.29) is 17.0 Å². The molecule has 0 spiro atoms. The van der Waals surface area contributed by atoms with Crippen molar-refractivity contribution < 1.29 is 21.5 Å². The lowest BCUT2D eigenvalue weighted by atomic mass is 10.1. The zero-order chi connectivity index (χ0) is 16.1.